The Morgan fingerprint density at radius 2 is 1.97 bits per heavy atom. The number of halogens is 1. The van der Waals surface area contributed by atoms with Gasteiger partial charge in [0.1, 0.15) is 12.4 Å². The molecule has 152 valence electrons. The van der Waals surface area contributed by atoms with Crippen LogP contribution < -0.4 is 5.32 Å². The molecule has 0 radical (unpaired) electrons. The van der Waals surface area contributed by atoms with E-state index in [2.05, 4.69) is 20.3 Å². The van der Waals surface area contributed by atoms with Crippen LogP contribution in [0, 0.1) is 12.7 Å². The van der Waals surface area contributed by atoms with Gasteiger partial charge in [0.25, 0.3) is 0 Å². The smallest absolute Gasteiger partial charge is 0.241 e. The number of hydrogen-bond donors (Lipinski definition) is 1. The SMILES string of the molecule is Cc1nn(CC(=O)NCCN2CCOCC2)c2nccc(-c3ccc(F)cc3)c12. The first-order valence-corrected chi connectivity index (χ1v) is 9.76. The van der Waals surface area contributed by atoms with E-state index >= 15 is 0 Å². The van der Waals surface area contributed by atoms with Crippen molar-refractivity contribution >= 4 is 16.9 Å². The van der Waals surface area contributed by atoms with Gasteiger partial charge in [-0.15, -0.1) is 0 Å². The molecule has 1 aliphatic heterocycles. The summed E-state index contributed by atoms with van der Waals surface area (Å²) in [5.41, 5.74) is 3.24. The Morgan fingerprint density at radius 1 is 1.21 bits per heavy atom. The number of amides is 1. The van der Waals surface area contributed by atoms with Crippen molar-refractivity contribution in [1.82, 2.24) is 25.0 Å². The molecule has 1 N–H and O–H groups in total. The number of hydrogen-bond acceptors (Lipinski definition) is 5. The summed E-state index contributed by atoms with van der Waals surface area (Å²) in [5, 5.41) is 8.35. The first-order valence-electron chi connectivity index (χ1n) is 9.76. The van der Waals surface area contributed by atoms with E-state index in [0.717, 1.165) is 55.1 Å². The van der Waals surface area contributed by atoms with Crippen molar-refractivity contribution in [2.75, 3.05) is 39.4 Å². The minimum absolute atomic E-state index is 0.100. The minimum atomic E-state index is -0.278. The number of ether oxygens (including phenoxy) is 1. The van der Waals surface area contributed by atoms with Gasteiger partial charge in [-0.2, -0.15) is 5.10 Å². The van der Waals surface area contributed by atoms with Crippen molar-refractivity contribution in [2.45, 2.75) is 13.5 Å². The normalized spacial score (nSPS) is 15.0. The Bertz CT molecular complexity index is 996. The molecule has 29 heavy (non-hydrogen) atoms. The zero-order chi connectivity index (χ0) is 20.2. The molecule has 1 aromatic carbocycles. The molecule has 2 aromatic heterocycles. The number of rotatable bonds is 6. The molecule has 0 bridgehead atoms. The lowest BCUT2D eigenvalue weighted by molar-refractivity contribution is -0.121. The van der Waals surface area contributed by atoms with E-state index in [0.29, 0.717) is 12.2 Å². The summed E-state index contributed by atoms with van der Waals surface area (Å²) in [6.07, 6.45) is 1.69. The second kappa shape index (κ2) is 8.67. The Morgan fingerprint density at radius 3 is 2.72 bits per heavy atom. The van der Waals surface area contributed by atoms with Crippen molar-refractivity contribution in [3.05, 3.63) is 48.0 Å². The largest absolute Gasteiger partial charge is 0.379 e. The summed E-state index contributed by atoms with van der Waals surface area (Å²) in [5.74, 6) is -0.378. The molecule has 1 aliphatic rings. The van der Waals surface area contributed by atoms with E-state index in [4.69, 9.17) is 4.74 Å². The number of carbonyl (C=O) groups excluding carboxylic acids is 1. The van der Waals surface area contributed by atoms with Crippen LogP contribution in [0.1, 0.15) is 5.69 Å². The fourth-order valence-electron chi connectivity index (χ4n) is 3.63. The fraction of sp³-hybridized carbons (Fsp3) is 0.381. The summed E-state index contributed by atoms with van der Waals surface area (Å²) in [4.78, 5) is 19.1. The third kappa shape index (κ3) is 4.44. The molecule has 7 nitrogen and oxygen atoms in total. The summed E-state index contributed by atoms with van der Waals surface area (Å²) in [6.45, 7) is 6.68. The molecule has 1 saturated heterocycles. The monoisotopic (exact) mass is 397 g/mol. The lowest BCUT2D eigenvalue weighted by Crippen LogP contribution is -2.41. The molecule has 8 heteroatoms. The van der Waals surface area contributed by atoms with Crippen molar-refractivity contribution < 1.29 is 13.9 Å². The lowest BCUT2D eigenvalue weighted by Gasteiger charge is -2.26. The fourth-order valence-corrected chi connectivity index (χ4v) is 3.63. The quantitative estimate of drug-likeness (QED) is 0.689. The van der Waals surface area contributed by atoms with Crippen LogP contribution in [-0.2, 0) is 16.1 Å². The van der Waals surface area contributed by atoms with Crippen LogP contribution in [0.15, 0.2) is 36.5 Å². The number of nitrogens with one attached hydrogen (secondary N) is 1. The van der Waals surface area contributed by atoms with Gasteiger partial charge in [0.05, 0.1) is 18.9 Å². The van der Waals surface area contributed by atoms with E-state index in [-0.39, 0.29) is 18.3 Å². The predicted octanol–water partition coefficient (Wildman–Crippen LogP) is 1.99. The highest BCUT2D eigenvalue weighted by Gasteiger charge is 2.16. The molecule has 0 saturated carbocycles. The minimum Gasteiger partial charge on any atom is -0.379 e. The summed E-state index contributed by atoms with van der Waals surface area (Å²) in [7, 11) is 0. The average Bonchev–Trinajstić information content (AvgIpc) is 3.05. The van der Waals surface area contributed by atoms with Crippen LogP contribution in [0.4, 0.5) is 4.39 Å². The molecule has 3 aromatic rings. The Kier molecular flexibility index (Phi) is 5.82. The van der Waals surface area contributed by atoms with Gasteiger partial charge in [0.15, 0.2) is 5.65 Å². The number of pyridine rings is 1. The van der Waals surface area contributed by atoms with Gasteiger partial charge in [0.2, 0.25) is 5.91 Å². The molecule has 0 atom stereocenters. The first-order chi connectivity index (χ1) is 14.1. The van der Waals surface area contributed by atoms with Gasteiger partial charge in [-0.3, -0.25) is 9.69 Å². The van der Waals surface area contributed by atoms with E-state index < -0.39 is 0 Å². The molecule has 1 fully saturated rings. The number of aromatic nitrogens is 3. The third-order valence-electron chi connectivity index (χ3n) is 5.11. The third-order valence-corrected chi connectivity index (χ3v) is 5.11. The van der Waals surface area contributed by atoms with Crippen LogP contribution in [-0.4, -0.2) is 65.0 Å². The maximum absolute atomic E-state index is 13.3. The van der Waals surface area contributed by atoms with E-state index in [1.165, 1.54) is 12.1 Å². The van der Waals surface area contributed by atoms with Gasteiger partial charge in [-0.05, 0) is 36.2 Å². The first kappa shape index (κ1) is 19.5. The highest BCUT2D eigenvalue weighted by molar-refractivity contribution is 5.95. The zero-order valence-corrected chi connectivity index (χ0v) is 16.4. The Hall–Kier alpha value is -2.84. The van der Waals surface area contributed by atoms with Gasteiger partial charge in [0, 0.05) is 37.8 Å². The summed E-state index contributed by atoms with van der Waals surface area (Å²) < 4.78 is 20.2. The van der Waals surface area contributed by atoms with Crippen LogP contribution in [0.2, 0.25) is 0 Å². The highest BCUT2D eigenvalue weighted by Crippen LogP contribution is 2.29. The van der Waals surface area contributed by atoms with E-state index in [1.54, 1.807) is 23.0 Å². The number of aryl methyl sites for hydroxylation is 1. The van der Waals surface area contributed by atoms with Gasteiger partial charge in [-0.1, -0.05) is 12.1 Å². The number of morpholine rings is 1. The van der Waals surface area contributed by atoms with Crippen molar-refractivity contribution in [3.8, 4) is 11.1 Å². The van der Waals surface area contributed by atoms with Gasteiger partial charge in [-0.25, -0.2) is 14.1 Å². The Balaban J connectivity index is 1.47. The van der Waals surface area contributed by atoms with Gasteiger partial charge >= 0.3 is 0 Å². The standard InChI is InChI=1S/C21H24FN5O2/c1-15-20-18(16-2-4-17(22)5-3-16)6-7-24-21(20)27(25-15)14-19(28)23-8-9-26-10-12-29-13-11-26/h2-7H,8-14H2,1H3,(H,23,28). The summed E-state index contributed by atoms with van der Waals surface area (Å²) >= 11 is 0. The van der Waals surface area contributed by atoms with Crippen LogP contribution in [0.25, 0.3) is 22.2 Å². The van der Waals surface area contributed by atoms with Crippen molar-refractivity contribution in [1.29, 1.82) is 0 Å². The average molecular weight is 397 g/mol. The molecular weight excluding hydrogens is 373 g/mol. The Labute approximate surface area is 168 Å². The van der Waals surface area contributed by atoms with Crippen LogP contribution in [0.3, 0.4) is 0 Å². The van der Waals surface area contributed by atoms with Gasteiger partial charge < -0.3 is 10.1 Å². The highest BCUT2D eigenvalue weighted by atomic mass is 19.1. The van der Waals surface area contributed by atoms with Crippen molar-refractivity contribution in [2.24, 2.45) is 0 Å². The van der Waals surface area contributed by atoms with Crippen molar-refractivity contribution in [3.63, 3.8) is 0 Å². The number of nitrogens with zero attached hydrogens (tertiary/aromatic N) is 4. The number of carbonyl (C=O) groups is 1. The second-order valence-corrected chi connectivity index (χ2v) is 7.11. The molecule has 3 heterocycles. The maximum atomic E-state index is 13.3. The molecular formula is C21H24FN5O2. The molecule has 1 amide bonds. The number of fused-ring (bicyclic) bond motifs is 1. The van der Waals surface area contributed by atoms with E-state index in [1.807, 2.05) is 13.0 Å². The number of benzene rings is 1. The van der Waals surface area contributed by atoms with E-state index in [9.17, 15) is 9.18 Å². The van der Waals surface area contributed by atoms with Crippen LogP contribution >= 0.6 is 0 Å². The molecule has 0 aliphatic carbocycles. The molecule has 4 rings (SSSR count). The predicted molar refractivity (Wildman–Crippen MR) is 108 cm³/mol. The molecule has 0 unspecified atom stereocenters. The lowest BCUT2D eigenvalue weighted by atomic mass is 10.0. The maximum Gasteiger partial charge on any atom is 0.241 e. The molecule has 0 spiro atoms. The zero-order valence-electron chi connectivity index (χ0n) is 16.4. The second-order valence-electron chi connectivity index (χ2n) is 7.11. The summed E-state index contributed by atoms with van der Waals surface area (Å²) in [6, 6.07) is 8.22. The topological polar surface area (TPSA) is 72.3 Å². The van der Waals surface area contributed by atoms with Crippen LogP contribution in [0.5, 0.6) is 0 Å².